The molecule has 23 heavy (non-hydrogen) atoms. The van der Waals surface area contributed by atoms with Crippen LogP contribution in [0.5, 0.6) is 0 Å². The van der Waals surface area contributed by atoms with Gasteiger partial charge in [-0.25, -0.2) is 9.78 Å². The van der Waals surface area contributed by atoms with E-state index in [9.17, 15) is 4.79 Å². The van der Waals surface area contributed by atoms with Gasteiger partial charge in [0.2, 0.25) is 0 Å². The van der Waals surface area contributed by atoms with Crippen molar-refractivity contribution in [3.05, 3.63) is 48.2 Å². The molecule has 5 nitrogen and oxygen atoms in total. The summed E-state index contributed by atoms with van der Waals surface area (Å²) in [5, 5.41) is 5.73. The van der Waals surface area contributed by atoms with Gasteiger partial charge in [-0.1, -0.05) is 18.2 Å². The van der Waals surface area contributed by atoms with Crippen LogP contribution >= 0.6 is 0 Å². The molecule has 1 aliphatic carbocycles. The highest BCUT2D eigenvalue weighted by Crippen LogP contribution is 2.37. The lowest BCUT2D eigenvalue weighted by atomic mass is 10.1. The SMILES string of the molecule is CC1Cc2ccccc2N1c1ccc(NC(=O)NC2CC2)cn1. The summed E-state index contributed by atoms with van der Waals surface area (Å²) in [4.78, 5) is 18.6. The predicted molar refractivity (Wildman–Crippen MR) is 91.2 cm³/mol. The Morgan fingerprint density at radius 3 is 2.78 bits per heavy atom. The lowest BCUT2D eigenvalue weighted by Gasteiger charge is -2.24. The standard InChI is InChI=1S/C18H20N4O/c1-12-10-13-4-2-3-5-16(13)22(12)17-9-8-15(11-19-17)21-18(23)20-14-6-7-14/h2-5,8-9,11-12,14H,6-7,10H2,1H3,(H2,20,21,23). The van der Waals surface area contributed by atoms with Crippen molar-refractivity contribution >= 4 is 23.2 Å². The average Bonchev–Trinajstić information content (AvgIpc) is 3.28. The fraction of sp³-hybridized carbons (Fsp3) is 0.333. The van der Waals surface area contributed by atoms with Crippen molar-refractivity contribution < 1.29 is 4.79 Å². The first kappa shape index (κ1) is 14.1. The molecule has 0 spiro atoms. The zero-order valence-corrected chi connectivity index (χ0v) is 13.1. The molecular weight excluding hydrogens is 288 g/mol. The molecule has 2 aliphatic rings. The van der Waals surface area contributed by atoms with Gasteiger partial charge >= 0.3 is 6.03 Å². The molecular formula is C18H20N4O. The molecule has 1 atom stereocenters. The molecule has 0 bridgehead atoms. The van der Waals surface area contributed by atoms with Crippen LogP contribution in [0.25, 0.3) is 0 Å². The smallest absolute Gasteiger partial charge is 0.319 e. The van der Waals surface area contributed by atoms with Crippen LogP contribution in [0.3, 0.4) is 0 Å². The van der Waals surface area contributed by atoms with E-state index in [4.69, 9.17) is 0 Å². The van der Waals surface area contributed by atoms with Gasteiger partial charge < -0.3 is 15.5 Å². The maximum atomic E-state index is 11.8. The number of anilines is 3. The van der Waals surface area contributed by atoms with Gasteiger partial charge in [0.05, 0.1) is 11.9 Å². The number of carbonyl (C=O) groups is 1. The Labute approximate surface area is 135 Å². The van der Waals surface area contributed by atoms with Crippen LogP contribution in [0.4, 0.5) is 22.0 Å². The number of para-hydroxylation sites is 1. The molecule has 2 N–H and O–H groups in total. The van der Waals surface area contributed by atoms with E-state index < -0.39 is 0 Å². The molecule has 2 amide bonds. The van der Waals surface area contributed by atoms with E-state index in [-0.39, 0.29) is 6.03 Å². The third-order valence-corrected chi connectivity index (χ3v) is 4.37. The van der Waals surface area contributed by atoms with E-state index >= 15 is 0 Å². The predicted octanol–water partition coefficient (Wildman–Crippen LogP) is 3.45. The fourth-order valence-corrected chi connectivity index (χ4v) is 3.10. The van der Waals surface area contributed by atoms with Gasteiger partial charge in [-0.3, -0.25) is 0 Å². The Bertz CT molecular complexity index is 724. The van der Waals surface area contributed by atoms with Crippen molar-refractivity contribution in [1.29, 1.82) is 0 Å². The second kappa shape index (κ2) is 5.57. The van der Waals surface area contributed by atoms with E-state index in [2.05, 4.69) is 51.7 Å². The number of hydrogen-bond donors (Lipinski definition) is 2. The Balaban J connectivity index is 1.50. The third-order valence-electron chi connectivity index (χ3n) is 4.37. The van der Waals surface area contributed by atoms with E-state index in [1.165, 1.54) is 11.3 Å². The number of carbonyl (C=O) groups excluding carboxylic acids is 1. The number of nitrogens with one attached hydrogen (secondary N) is 2. The van der Waals surface area contributed by atoms with Gasteiger partial charge in [0.15, 0.2) is 0 Å². The largest absolute Gasteiger partial charge is 0.335 e. The third kappa shape index (κ3) is 2.86. The van der Waals surface area contributed by atoms with Gasteiger partial charge in [-0.2, -0.15) is 0 Å². The maximum absolute atomic E-state index is 11.8. The first-order valence-electron chi connectivity index (χ1n) is 8.11. The average molecular weight is 308 g/mol. The Morgan fingerprint density at radius 2 is 2.04 bits per heavy atom. The number of aromatic nitrogens is 1. The summed E-state index contributed by atoms with van der Waals surface area (Å²) >= 11 is 0. The summed E-state index contributed by atoms with van der Waals surface area (Å²) in [7, 11) is 0. The molecule has 1 saturated carbocycles. The highest BCUT2D eigenvalue weighted by Gasteiger charge is 2.27. The fourth-order valence-electron chi connectivity index (χ4n) is 3.10. The number of urea groups is 1. The van der Waals surface area contributed by atoms with Crippen LogP contribution in [0, 0.1) is 0 Å². The van der Waals surface area contributed by atoms with Crippen molar-refractivity contribution in [3.63, 3.8) is 0 Å². The maximum Gasteiger partial charge on any atom is 0.319 e. The minimum absolute atomic E-state index is 0.151. The highest BCUT2D eigenvalue weighted by atomic mass is 16.2. The summed E-state index contributed by atoms with van der Waals surface area (Å²) in [5.74, 6) is 0.913. The molecule has 2 heterocycles. The van der Waals surface area contributed by atoms with Gasteiger partial charge in [0, 0.05) is 17.8 Å². The van der Waals surface area contributed by atoms with E-state index in [1.807, 2.05) is 12.1 Å². The van der Waals surface area contributed by atoms with Gasteiger partial charge in [0.25, 0.3) is 0 Å². The molecule has 1 aromatic carbocycles. The molecule has 0 radical (unpaired) electrons. The lowest BCUT2D eigenvalue weighted by Crippen LogP contribution is -2.30. The second-order valence-corrected chi connectivity index (χ2v) is 6.33. The van der Waals surface area contributed by atoms with E-state index in [1.54, 1.807) is 6.20 Å². The first-order chi connectivity index (χ1) is 11.2. The number of nitrogens with zero attached hydrogens (tertiary/aromatic N) is 2. The van der Waals surface area contributed by atoms with Crippen molar-refractivity contribution in [2.24, 2.45) is 0 Å². The number of amides is 2. The summed E-state index contributed by atoms with van der Waals surface area (Å²) in [6.45, 7) is 2.21. The Kier molecular flexibility index (Phi) is 3.41. The zero-order chi connectivity index (χ0) is 15.8. The van der Waals surface area contributed by atoms with Crippen molar-refractivity contribution in [2.75, 3.05) is 10.2 Å². The molecule has 118 valence electrons. The monoisotopic (exact) mass is 308 g/mol. The van der Waals surface area contributed by atoms with Crippen LogP contribution in [0.15, 0.2) is 42.6 Å². The molecule has 1 fully saturated rings. The van der Waals surface area contributed by atoms with Crippen LogP contribution in [-0.4, -0.2) is 23.1 Å². The van der Waals surface area contributed by atoms with E-state index in [0.29, 0.717) is 17.8 Å². The Morgan fingerprint density at radius 1 is 1.22 bits per heavy atom. The first-order valence-corrected chi connectivity index (χ1v) is 8.11. The van der Waals surface area contributed by atoms with Gasteiger partial charge in [-0.15, -0.1) is 0 Å². The highest BCUT2D eigenvalue weighted by molar-refractivity contribution is 5.89. The molecule has 1 aromatic heterocycles. The minimum atomic E-state index is -0.151. The lowest BCUT2D eigenvalue weighted by molar-refractivity contribution is 0.251. The van der Waals surface area contributed by atoms with Crippen molar-refractivity contribution in [1.82, 2.24) is 10.3 Å². The van der Waals surface area contributed by atoms with Crippen LogP contribution < -0.4 is 15.5 Å². The minimum Gasteiger partial charge on any atom is -0.335 e. The number of hydrogen-bond acceptors (Lipinski definition) is 3. The summed E-state index contributed by atoms with van der Waals surface area (Å²) in [6, 6.07) is 12.9. The van der Waals surface area contributed by atoms with Crippen LogP contribution in [-0.2, 0) is 6.42 Å². The summed E-state index contributed by atoms with van der Waals surface area (Å²) in [6.07, 6.45) is 4.91. The number of benzene rings is 1. The van der Waals surface area contributed by atoms with Crippen LogP contribution in [0.2, 0.25) is 0 Å². The summed E-state index contributed by atoms with van der Waals surface area (Å²) in [5.41, 5.74) is 3.29. The number of fused-ring (bicyclic) bond motifs is 1. The zero-order valence-electron chi connectivity index (χ0n) is 13.1. The summed E-state index contributed by atoms with van der Waals surface area (Å²) < 4.78 is 0. The molecule has 2 aromatic rings. The van der Waals surface area contributed by atoms with Crippen LogP contribution in [0.1, 0.15) is 25.3 Å². The molecule has 0 saturated heterocycles. The molecule has 1 unspecified atom stereocenters. The normalized spacial score (nSPS) is 19.3. The second-order valence-electron chi connectivity index (χ2n) is 6.33. The topological polar surface area (TPSA) is 57.3 Å². The van der Waals surface area contributed by atoms with E-state index in [0.717, 1.165) is 25.1 Å². The van der Waals surface area contributed by atoms with Gasteiger partial charge in [0.1, 0.15) is 5.82 Å². The van der Waals surface area contributed by atoms with Crippen molar-refractivity contribution in [2.45, 2.75) is 38.3 Å². The Hall–Kier alpha value is -2.56. The molecule has 1 aliphatic heterocycles. The number of pyridine rings is 1. The van der Waals surface area contributed by atoms with Crippen molar-refractivity contribution in [3.8, 4) is 0 Å². The molecule has 5 heteroatoms. The quantitative estimate of drug-likeness (QED) is 0.913. The molecule has 4 rings (SSSR count). The number of rotatable bonds is 3. The van der Waals surface area contributed by atoms with Gasteiger partial charge in [-0.05, 0) is 49.9 Å².